The van der Waals surface area contributed by atoms with Gasteiger partial charge in [-0.25, -0.2) is 0 Å². The highest BCUT2D eigenvalue weighted by Gasteiger charge is 2.39. The van der Waals surface area contributed by atoms with Gasteiger partial charge in [-0.2, -0.15) is 0 Å². The van der Waals surface area contributed by atoms with E-state index in [9.17, 15) is 19.2 Å². The molecular formula is C20H17N3O4. The van der Waals surface area contributed by atoms with Crippen LogP contribution >= 0.6 is 0 Å². The van der Waals surface area contributed by atoms with Crippen molar-refractivity contribution in [3.63, 3.8) is 0 Å². The Labute approximate surface area is 155 Å². The van der Waals surface area contributed by atoms with Crippen molar-refractivity contribution in [3.05, 3.63) is 65.2 Å². The molecule has 2 aliphatic heterocycles. The molecule has 0 radical (unpaired) electrons. The first-order valence-electron chi connectivity index (χ1n) is 8.67. The summed E-state index contributed by atoms with van der Waals surface area (Å²) in [5.41, 5.74) is 2.20. The molecule has 0 saturated carbocycles. The van der Waals surface area contributed by atoms with Crippen LogP contribution in [0.3, 0.4) is 0 Å². The van der Waals surface area contributed by atoms with Crippen molar-refractivity contribution < 1.29 is 19.2 Å². The normalized spacial score (nSPS) is 18.9. The molecule has 136 valence electrons. The number of carbonyl (C=O) groups is 4. The molecule has 2 N–H and O–H groups in total. The van der Waals surface area contributed by atoms with Gasteiger partial charge in [0, 0.05) is 35.3 Å². The van der Waals surface area contributed by atoms with Gasteiger partial charge in [-0.1, -0.05) is 24.3 Å². The zero-order chi connectivity index (χ0) is 19.0. The Balaban J connectivity index is 1.59. The molecule has 1 atom stereocenters. The summed E-state index contributed by atoms with van der Waals surface area (Å²) >= 11 is 0. The van der Waals surface area contributed by atoms with Crippen molar-refractivity contribution in [1.29, 1.82) is 0 Å². The Morgan fingerprint density at radius 3 is 2.56 bits per heavy atom. The first kappa shape index (κ1) is 17.0. The van der Waals surface area contributed by atoms with E-state index in [0.29, 0.717) is 28.8 Å². The van der Waals surface area contributed by atoms with Crippen molar-refractivity contribution in [2.75, 3.05) is 5.32 Å². The quantitative estimate of drug-likeness (QED) is 0.812. The summed E-state index contributed by atoms with van der Waals surface area (Å²) in [6.07, 6.45) is 0.504. The van der Waals surface area contributed by atoms with Gasteiger partial charge in [0.1, 0.15) is 6.04 Å². The summed E-state index contributed by atoms with van der Waals surface area (Å²) < 4.78 is 0. The Bertz CT molecular complexity index is 955. The second-order valence-corrected chi connectivity index (χ2v) is 6.55. The number of nitrogens with one attached hydrogen (secondary N) is 2. The van der Waals surface area contributed by atoms with Gasteiger partial charge in [0.05, 0.1) is 0 Å². The zero-order valence-electron chi connectivity index (χ0n) is 14.4. The largest absolute Gasteiger partial charge is 0.322 e. The first-order valence-corrected chi connectivity index (χ1v) is 8.67. The highest BCUT2D eigenvalue weighted by molar-refractivity contribution is 6.08. The van der Waals surface area contributed by atoms with Crippen LogP contribution in [0.1, 0.15) is 39.1 Å². The maximum atomic E-state index is 12.8. The maximum absolute atomic E-state index is 12.8. The molecular weight excluding hydrogens is 346 g/mol. The lowest BCUT2D eigenvalue weighted by molar-refractivity contribution is -0.136. The summed E-state index contributed by atoms with van der Waals surface area (Å²) in [7, 11) is 0. The molecule has 7 nitrogen and oxygen atoms in total. The zero-order valence-corrected chi connectivity index (χ0v) is 14.4. The minimum atomic E-state index is -0.680. The van der Waals surface area contributed by atoms with Gasteiger partial charge in [0.15, 0.2) is 0 Å². The first-order chi connectivity index (χ1) is 13.0. The van der Waals surface area contributed by atoms with Crippen LogP contribution in [0.2, 0.25) is 0 Å². The smallest absolute Gasteiger partial charge is 0.255 e. The summed E-state index contributed by atoms with van der Waals surface area (Å²) in [4.78, 5) is 50.2. The second-order valence-electron chi connectivity index (χ2n) is 6.55. The number of hydrogen-bond donors (Lipinski definition) is 2. The third kappa shape index (κ3) is 3.08. The third-order valence-corrected chi connectivity index (χ3v) is 4.87. The number of amides is 4. The second kappa shape index (κ2) is 6.68. The van der Waals surface area contributed by atoms with Crippen LogP contribution in [-0.2, 0) is 16.1 Å². The summed E-state index contributed by atoms with van der Waals surface area (Å²) in [6, 6.07) is 13.2. The van der Waals surface area contributed by atoms with Gasteiger partial charge < -0.3 is 10.2 Å². The highest BCUT2D eigenvalue weighted by Crippen LogP contribution is 2.32. The molecule has 0 bridgehead atoms. The number of carbonyl (C=O) groups excluding carboxylic acids is 4. The SMILES string of the molecule is O=C1CCC(N2Cc3c(NC(=O)c4ccccc4)cccc3C2=O)C(=O)N1. The number of rotatable bonds is 3. The lowest BCUT2D eigenvalue weighted by Gasteiger charge is -2.29. The molecule has 2 aromatic rings. The van der Waals surface area contributed by atoms with Gasteiger partial charge in [-0.05, 0) is 30.7 Å². The van der Waals surface area contributed by atoms with Gasteiger partial charge in [-0.15, -0.1) is 0 Å². The molecule has 2 aromatic carbocycles. The van der Waals surface area contributed by atoms with Gasteiger partial charge in [-0.3, -0.25) is 24.5 Å². The van der Waals surface area contributed by atoms with E-state index < -0.39 is 11.9 Å². The van der Waals surface area contributed by atoms with Crippen molar-refractivity contribution in [3.8, 4) is 0 Å². The molecule has 27 heavy (non-hydrogen) atoms. The number of imide groups is 1. The number of nitrogens with zero attached hydrogens (tertiary/aromatic N) is 1. The predicted molar refractivity (Wildman–Crippen MR) is 96.9 cm³/mol. The van der Waals surface area contributed by atoms with Crippen molar-refractivity contribution >= 4 is 29.3 Å². The van der Waals surface area contributed by atoms with E-state index in [4.69, 9.17) is 0 Å². The lowest BCUT2D eigenvalue weighted by Crippen LogP contribution is -2.52. The Morgan fingerprint density at radius 1 is 1.04 bits per heavy atom. The average molecular weight is 363 g/mol. The summed E-state index contributed by atoms with van der Waals surface area (Å²) in [5, 5.41) is 5.13. The van der Waals surface area contributed by atoms with Crippen LogP contribution in [0.4, 0.5) is 5.69 Å². The van der Waals surface area contributed by atoms with E-state index in [2.05, 4.69) is 10.6 Å². The van der Waals surface area contributed by atoms with E-state index in [-0.39, 0.29) is 30.7 Å². The maximum Gasteiger partial charge on any atom is 0.255 e. The van der Waals surface area contributed by atoms with E-state index >= 15 is 0 Å². The van der Waals surface area contributed by atoms with E-state index in [1.54, 1.807) is 42.5 Å². The molecule has 7 heteroatoms. The summed E-state index contributed by atoms with van der Waals surface area (Å²) in [5.74, 6) is -1.32. The van der Waals surface area contributed by atoms with Crippen molar-refractivity contribution in [2.24, 2.45) is 0 Å². The average Bonchev–Trinajstić information content (AvgIpc) is 3.00. The number of anilines is 1. The fourth-order valence-corrected chi connectivity index (χ4v) is 3.49. The van der Waals surface area contributed by atoms with E-state index in [0.717, 1.165) is 0 Å². The fourth-order valence-electron chi connectivity index (χ4n) is 3.49. The highest BCUT2D eigenvalue weighted by atomic mass is 16.2. The third-order valence-electron chi connectivity index (χ3n) is 4.87. The van der Waals surface area contributed by atoms with Crippen molar-refractivity contribution in [2.45, 2.75) is 25.4 Å². The Morgan fingerprint density at radius 2 is 1.81 bits per heavy atom. The van der Waals surface area contributed by atoms with Gasteiger partial charge in [0.2, 0.25) is 11.8 Å². The molecule has 1 fully saturated rings. The number of piperidine rings is 1. The molecule has 4 rings (SSSR count). The molecule has 1 saturated heterocycles. The molecule has 0 aliphatic carbocycles. The topological polar surface area (TPSA) is 95.6 Å². The van der Waals surface area contributed by atoms with Crippen LogP contribution in [0.25, 0.3) is 0 Å². The summed E-state index contributed by atoms with van der Waals surface area (Å²) in [6.45, 7) is 0.214. The van der Waals surface area contributed by atoms with Crippen LogP contribution in [0.5, 0.6) is 0 Å². The van der Waals surface area contributed by atoms with Gasteiger partial charge >= 0.3 is 0 Å². The van der Waals surface area contributed by atoms with Crippen molar-refractivity contribution in [1.82, 2.24) is 10.2 Å². The molecule has 4 amide bonds. The minimum Gasteiger partial charge on any atom is -0.322 e. The molecule has 0 spiro atoms. The number of hydrogen-bond acceptors (Lipinski definition) is 4. The van der Waals surface area contributed by atoms with E-state index in [1.807, 2.05) is 6.07 Å². The number of fused-ring (bicyclic) bond motifs is 1. The standard InChI is InChI=1S/C20H17N3O4/c24-17-10-9-16(19(26)22-17)23-11-14-13(20(23)27)7-4-8-15(14)21-18(25)12-5-2-1-3-6-12/h1-8,16H,9-11H2,(H,21,25)(H,22,24,26). The number of benzene rings is 2. The Kier molecular flexibility index (Phi) is 4.19. The van der Waals surface area contributed by atoms with Crippen LogP contribution in [0.15, 0.2) is 48.5 Å². The fraction of sp³-hybridized carbons (Fsp3) is 0.200. The lowest BCUT2D eigenvalue weighted by atomic mass is 10.0. The molecule has 0 aromatic heterocycles. The van der Waals surface area contributed by atoms with Gasteiger partial charge in [0.25, 0.3) is 11.8 Å². The minimum absolute atomic E-state index is 0.203. The van der Waals surface area contributed by atoms with Crippen LogP contribution in [0, 0.1) is 0 Å². The van der Waals surface area contributed by atoms with Crippen LogP contribution < -0.4 is 10.6 Å². The molecule has 2 aliphatic rings. The van der Waals surface area contributed by atoms with Crippen LogP contribution in [-0.4, -0.2) is 34.6 Å². The molecule has 1 unspecified atom stereocenters. The van der Waals surface area contributed by atoms with E-state index in [1.165, 1.54) is 4.90 Å². The monoisotopic (exact) mass is 363 g/mol. The Hall–Kier alpha value is -3.48. The molecule has 2 heterocycles. The predicted octanol–water partition coefficient (Wildman–Crippen LogP) is 1.70.